The van der Waals surface area contributed by atoms with E-state index in [0.29, 0.717) is 6.42 Å². The van der Waals surface area contributed by atoms with Gasteiger partial charge in [-0.05, 0) is 34.5 Å². The lowest BCUT2D eigenvalue weighted by Crippen LogP contribution is -2.09. The largest absolute Gasteiger partial charge is 0.384 e. The summed E-state index contributed by atoms with van der Waals surface area (Å²) in [5.41, 5.74) is 3.31. The molecule has 2 aromatic carbocycles. The van der Waals surface area contributed by atoms with E-state index in [-0.39, 0.29) is 11.7 Å². The molecule has 1 aliphatic heterocycles. The van der Waals surface area contributed by atoms with Gasteiger partial charge in [0.15, 0.2) is 5.78 Å². The lowest BCUT2D eigenvalue weighted by molar-refractivity contribution is 0.0977. The van der Waals surface area contributed by atoms with Crippen molar-refractivity contribution in [3.05, 3.63) is 65.0 Å². The highest BCUT2D eigenvalue weighted by Crippen LogP contribution is 2.35. The smallest absolute Gasteiger partial charge is 0.164 e. The molecule has 2 nitrogen and oxygen atoms in total. The van der Waals surface area contributed by atoms with E-state index in [2.05, 4.69) is 29.6 Å². The number of rotatable bonds is 3. The summed E-state index contributed by atoms with van der Waals surface area (Å²) in [6.45, 7) is 0.853. The normalized spacial score (nSPS) is 16.7. The van der Waals surface area contributed by atoms with E-state index < -0.39 is 0 Å². The molecular weight excluding hydrogens is 278 g/mol. The molecule has 0 saturated heterocycles. The summed E-state index contributed by atoms with van der Waals surface area (Å²) >= 11 is 1.65. The number of fused-ring (bicyclic) bond motifs is 2. The highest BCUT2D eigenvalue weighted by molar-refractivity contribution is 7.17. The zero-order valence-electron chi connectivity index (χ0n) is 11.5. The number of Topliss-reactive ketones (excluding diaryl/α,β-unsaturated/α-hetero) is 1. The van der Waals surface area contributed by atoms with Crippen molar-refractivity contribution < 1.29 is 4.79 Å². The second-order valence-corrected chi connectivity index (χ2v) is 6.35. The number of carbonyl (C=O) groups is 1. The van der Waals surface area contributed by atoms with Gasteiger partial charge in [-0.15, -0.1) is 11.3 Å². The summed E-state index contributed by atoms with van der Waals surface area (Å²) in [5.74, 6) is 0.524. The number of ketones is 1. The number of anilines is 1. The maximum Gasteiger partial charge on any atom is 0.164 e. The Balaban J connectivity index is 1.64. The van der Waals surface area contributed by atoms with Crippen molar-refractivity contribution >= 4 is 32.9 Å². The third-order valence-corrected chi connectivity index (χ3v) is 5.11. The van der Waals surface area contributed by atoms with Crippen LogP contribution in [0.1, 0.15) is 28.3 Å². The molecule has 1 N–H and O–H groups in total. The molecule has 0 fully saturated rings. The Morgan fingerprint density at radius 3 is 3.00 bits per heavy atom. The van der Waals surface area contributed by atoms with Gasteiger partial charge in [0.25, 0.3) is 0 Å². The summed E-state index contributed by atoms with van der Waals surface area (Å²) in [6.07, 6.45) is 0.570. The standard InChI is InChI=1S/C18H15NOS/c20-17(15-6-3-4-12-8-9-21-18(12)15)10-13-11-19-16-7-2-1-5-14(13)16/h1-9,13,19H,10-11H2. The van der Waals surface area contributed by atoms with E-state index in [1.165, 1.54) is 11.3 Å². The molecule has 0 aliphatic carbocycles. The summed E-state index contributed by atoms with van der Waals surface area (Å²) in [7, 11) is 0. The van der Waals surface area contributed by atoms with Crippen LogP contribution in [-0.4, -0.2) is 12.3 Å². The monoisotopic (exact) mass is 293 g/mol. The van der Waals surface area contributed by atoms with Crippen molar-refractivity contribution in [2.24, 2.45) is 0 Å². The summed E-state index contributed by atoms with van der Waals surface area (Å²) in [5, 5.41) is 6.60. The van der Waals surface area contributed by atoms with Crippen LogP contribution in [0.15, 0.2) is 53.9 Å². The highest BCUT2D eigenvalue weighted by Gasteiger charge is 2.25. The molecule has 104 valence electrons. The summed E-state index contributed by atoms with van der Waals surface area (Å²) < 4.78 is 1.11. The van der Waals surface area contributed by atoms with Crippen molar-refractivity contribution in [3.63, 3.8) is 0 Å². The fourth-order valence-corrected chi connectivity index (χ4v) is 4.02. The van der Waals surface area contributed by atoms with Crippen molar-refractivity contribution in [2.75, 3.05) is 11.9 Å². The van der Waals surface area contributed by atoms with Crippen LogP contribution in [0.3, 0.4) is 0 Å². The van der Waals surface area contributed by atoms with E-state index in [9.17, 15) is 4.79 Å². The second-order valence-electron chi connectivity index (χ2n) is 5.44. The number of nitrogens with one attached hydrogen (secondary N) is 1. The fourth-order valence-electron chi connectivity index (χ4n) is 3.09. The van der Waals surface area contributed by atoms with Crippen molar-refractivity contribution in [1.82, 2.24) is 0 Å². The van der Waals surface area contributed by atoms with Gasteiger partial charge in [0.1, 0.15) is 0 Å². The molecule has 0 bridgehead atoms. The minimum atomic E-state index is 0.242. The van der Waals surface area contributed by atoms with E-state index >= 15 is 0 Å². The first-order valence-corrected chi connectivity index (χ1v) is 8.03. The molecule has 2 heterocycles. The van der Waals surface area contributed by atoms with Crippen LogP contribution in [0, 0.1) is 0 Å². The number of para-hydroxylation sites is 1. The Kier molecular flexibility index (Phi) is 3.00. The van der Waals surface area contributed by atoms with Gasteiger partial charge in [0, 0.05) is 34.8 Å². The van der Waals surface area contributed by atoms with Crippen molar-refractivity contribution in [3.8, 4) is 0 Å². The number of benzene rings is 2. The van der Waals surface area contributed by atoms with Gasteiger partial charge in [-0.2, -0.15) is 0 Å². The van der Waals surface area contributed by atoms with Gasteiger partial charge in [-0.25, -0.2) is 0 Å². The third-order valence-electron chi connectivity index (χ3n) is 4.15. The predicted octanol–water partition coefficient (Wildman–Crippen LogP) is 4.68. The van der Waals surface area contributed by atoms with Crippen LogP contribution in [0.25, 0.3) is 10.1 Å². The van der Waals surface area contributed by atoms with Gasteiger partial charge in [0.05, 0.1) is 0 Å². The minimum absolute atomic E-state index is 0.242. The van der Waals surface area contributed by atoms with Crippen LogP contribution in [-0.2, 0) is 0 Å². The number of hydrogen-bond donors (Lipinski definition) is 1. The van der Waals surface area contributed by atoms with Crippen LogP contribution in [0.2, 0.25) is 0 Å². The first-order chi connectivity index (χ1) is 10.3. The highest BCUT2D eigenvalue weighted by atomic mass is 32.1. The number of hydrogen-bond acceptors (Lipinski definition) is 3. The average Bonchev–Trinajstić information content (AvgIpc) is 3.14. The Hall–Kier alpha value is -2.13. The predicted molar refractivity (Wildman–Crippen MR) is 88.4 cm³/mol. The van der Waals surface area contributed by atoms with E-state index in [1.807, 2.05) is 29.6 Å². The van der Waals surface area contributed by atoms with Crippen LogP contribution < -0.4 is 5.32 Å². The third kappa shape index (κ3) is 2.14. The molecule has 3 heteroatoms. The zero-order valence-corrected chi connectivity index (χ0v) is 12.3. The number of carbonyl (C=O) groups excluding carboxylic acids is 1. The molecule has 0 radical (unpaired) electrons. The van der Waals surface area contributed by atoms with E-state index in [0.717, 1.165) is 22.2 Å². The molecule has 1 aromatic heterocycles. The molecule has 0 saturated carbocycles. The molecule has 21 heavy (non-hydrogen) atoms. The quantitative estimate of drug-likeness (QED) is 0.710. The maximum absolute atomic E-state index is 12.7. The summed E-state index contributed by atoms with van der Waals surface area (Å²) in [4.78, 5) is 12.7. The Morgan fingerprint density at radius 2 is 2.05 bits per heavy atom. The lowest BCUT2D eigenvalue weighted by atomic mass is 9.93. The Morgan fingerprint density at radius 1 is 1.14 bits per heavy atom. The zero-order chi connectivity index (χ0) is 14.2. The van der Waals surface area contributed by atoms with Gasteiger partial charge in [0.2, 0.25) is 0 Å². The molecular formula is C18H15NOS. The van der Waals surface area contributed by atoms with Crippen LogP contribution in [0.5, 0.6) is 0 Å². The number of thiophene rings is 1. The SMILES string of the molecule is O=C(CC1CNc2ccccc21)c1cccc2ccsc12. The topological polar surface area (TPSA) is 29.1 Å². The Labute approximate surface area is 127 Å². The van der Waals surface area contributed by atoms with Gasteiger partial charge in [-0.3, -0.25) is 4.79 Å². The lowest BCUT2D eigenvalue weighted by Gasteiger charge is -2.09. The molecule has 4 rings (SSSR count). The molecule has 1 unspecified atom stereocenters. The van der Waals surface area contributed by atoms with Crippen molar-refractivity contribution in [1.29, 1.82) is 0 Å². The first-order valence-electron chi connectivity index (χ1n) is 7.15. The maximum atomic E-state index is 12.7. The van der Waals surface area contributed by atoms with Crippen molar-refractivity contribution in [2.45, 2.75) is 12.3 Å². The van der Waals surface area contributed by atoms with Gasteiger partial charge in [-0.1, -0.05) is 30.3 Å². The van der Waals surface area contributed by atoms with Crippen LogP contribution in [0.4, 0.5) is 5.69 Å². The second kappa shape index (κ2) is 5.01. The van der Waals surface area contributed by atoms with E-state index in [4.69, 9.17) is 0 Å². The van der Waals surface area contributed by atoms with E-state index in [1.54, 1.807) is 11.3 Å². The molecule has 1 aliphatic rings. The average molecular weight is 293 g/mol. The molecule has 0 spiro atoms. The van der Waals surface area contributed by atoms with Gasteiger partial charge >= 0.3 is 0 Å². The minimum Gasteiger partial charge on any atom is -0.384 e. The fraction of sp³-hybridized carbons (Fsp3) is 0.167. The molecule has 3 aromatic rings. The van der Waals surface area contributed by atoms with Crippen LogP contribution >= 0.6 is 11.3 Å². The molecule has 0 amide bonds. The van der Waals surface area contributed by atoms with Gasteiger partial charge < -0.3 is 5.32 Å². The Bertz CT molecular complexity index is 821. The molecule has 1 atom stereocenters. The first kappa shape index (κ1) is 12.6. The summed E-state index contributed by atoms with van der Waals surface area (Å²) in [6, 6.07) is 16.3.